The van der Waals surface area contributed by atoms with E-state index in [2.05, 4.69) is 15.2 Å². The van der Waals surface area contributed by atoms with Crippen molar-refractivity contribution in [2.45, 2.75) is 19.1 Å². The Morgan fingerprint density at radius 3 is 2.92 bits per heavy atom. The zero-order valence-electron chi connectivity index (χ0n) is 14.3. The Labute approximate surface area is 145 Å². The maximum Gasteiger partial charge on any atom is 0.228 e. The Bertz CT molecular complexity index is 660. The quantitative estimate of drug-likeness (QED) is 0.740. The molecular weight excluding hydrogens is 328 g/mol. The van der Waals surface area contributed by atoms with Crippen LogP contribution in [-0.2, 0) is 14.2 Å². The molecule has 0 unspecified atom stereocenters. The van der Waals surface area contributed by atoms with Crippen LogP contribution >= 0.6 is 11.3 Å². The van der Waals surface area contributed by atoms with Gasteiger partial charge in [-0.25, -0.2) is 4.98 Å². The van der Waals surface area contributed by atoms with E-state index in [9.17, 15) is 0 Å². The van der Waals surface area contributed by atoms with Gasteiger partial charge in [0, 0.05) is 40.5 Å². The smallest absolute Gasteiger partial charge is 0.228 e. The minimum atomic E-state index is -0.0200. The largest absolute Gasteiger partial charge is 0.382 e. The molecule has 3 rings (SSSR count). The predicted molar refractivity (Wildman–Crippen MR) is 96.2 cm³/mol. The number of hydrogen-bond donors (Lipinski definition) is 1. The number of anilines is 2. The lowest BCUT2D eigenvalue weighted by atomic mass is 10.2. The van der Waals surface area contributed by atoms with E-state index < -0.39 is 0 Å². The van der Waals surface area contributed by atoms with Gasteiger partial charge in [-0.3, -0.25) is 0 Å². The molecule has 24 heavy (non-hydrogen) atoms. The fourth-order valence-corrected chi connectivity index (χ4v) is 3.43. The van der Waals surface area contributed by atoms with E-state index in [1.165, 1.54) is 0 Å². The molecule has 0 bridgehead atoms. The molecule has 1 saturated heterocycles. The van der Waals surface area contributed by atoms with Gasteiger partial charge in [-0.05, 0) is 18.4 Å². The number of aromatic nitrogens is 2. The van der Waals surface area contributed by atoms with Crippen LogP contribution in [0.5, 0.6) is 0 Å². The molecule has 7 nitrogen and oxygen atoms in total. The first-order chi connectivity index (χ1) is 11.7. The molecule has 0 aliphatic carbocycles. The summed E-state index contributed by atoms with van der Waals surface area (Å²) in [5.41, 5.74) is 0. The third-order valence-electron chi connectivity index (χ3n) is 4.03. The number of nitrogens with one attached hydrogen (secondary N) is 1. The molecule has 8 heteroatoms. The summed E-state index contributed by atoms with van der Waals surface area (Å²) in [5.74, 6) is 1.60. The van der Waals surface area contributed by atoms with Crippen LogP contribution < -0.4 is 10.2 Å². The number of ether oxygens (including phenoxy) is 3. The molecular formula is C16H24N4O3S. The van der Waals surface area contributed by atoms with Crippen LogP contribution in [0.25, 0.3) is 10.2 Å². The van der Waals surface area contributed by atoms with Crippen LogP contribution in [0.2, 0.25) is 0 Å². The van der Waals surface area contributed by atoms with Crippen LogP contribution in [0.4, 0.5) is 11.8 Å². The second-order valence-electron chi connectivity index (χ2n) is 5.69. The summed E-state index contributed by atoms with van der Waals surface area (Å²) < 4.78 is 16.2. The van der Waals surface area contributed by atoms with Gasteiger partial charge in [-0.2, -0.15) is 4.98 Å². The van der Waals surface area contributed by atoms with E-state index in [0.717, 1.165) is 41.7 Å². The Kier molecular flexibility index (Phi) is 5.83. The molecule has 2 aromatic rings. The van der Waals surface area contributed by atoms with Crippen LogP contribution in [0.15, 0.2) is 11.4 Å². The van der Waals surface area contributed by atoms with Crippen molar-refractivity contribution < 1.29 is 14.2 Å². The van der Waals surface area contributed by atoms with Crippen molar-refractivity contribution in [1.29, 1.82) is 0 Å². The number of fused-ring (bicyclic) bond motifs is 1. The number of rotatable bonds is 9. The van der Waals surface area contributed by atoms with Gasteiger partial charge in [0.25, 0.3) is 0 Å². The highest BCUT2D eigenvalue weighted by Gasteiger charge is 2.29. The lowest BCUT2D eigenvalue weighted by Crippen LogP contribution is -2.53. The van der Waals surface area contributed by atoms with Crippen molar-refractivity contribution in [2.75, 3.05) is 57.3 Å². The van der Waals surface area contributed by atoms with Crippen molar-refractivity contribution in [1.82, 2.24) is 9.97 Å². The Balaban J connectivity index is 1.73. The summed E-state index contributed by atoms with van der Waals surface area (Å²) in [7, 11) is 3.36. The number of nitrogens with zero attached hydrogens (tertiary/aromatic N) is 3. The highest BCUT2D eigenvalue weighted by molar-refractivity contribution is 7.16. The van der Waals surface area contributed by atoms with Crippen LogP contribution in [0, 0.1) is 0 Å². The van der Waals surface area contributed by atoms with E-state index in [1.54, 1.807) is 25.6 Å². The molecule has 0 saturated carbocycles. The number of hydrogen-bond acceptors (Lipinski definition) is 8. The van der Waals surface area contributed by atoms with Gasteiger partial charge in [0.1, 0.15) is 10.6 Å². The first kappa shape index (κ1) is 17.3. The minimum Gasteiger partial charge on any atom is -0.382 e. The number of methoxy groups -OCH3 is 2. The van der Waals surface area contributed by atoms with Crippen LogP contribution in [-0.4, -0.2) is 69.2 Å². The van der Waals surface area contributed by atoms with E-state index in [0.29, 0.717) is 13.2 Å². The average molecular weight is 352 g/mol. The second-order valence-corrected chi connectivity index (χ2v) is 6.58. The molecule has 0 spiro atoms. The third-order valence-corrected chi connectivity index (χ3v) is 4.84. The van der Waals surface area contributed by atoms with E-state index >= 15 is 0 Å². The lowest BCUT2D eigenvalue weighted by molar-refractivity contribution is 0.0365. The van der Waals surface area contributed by atoms with Crippen molar-refractivity contribution in [3.05, 3.63) is 11.4 Å². The summed E-state index contributed by atoms with van der Waals surface area (Å²) >= 11 is 1.62. The Hall–Kier alpha value is -1.48. The fraction of sp³-hybridized carbons (Fsp3) is 0.625. The summed E-state index contributed by atoms with van der Waals surface area (Å²) in [5, 5.41) is 6.46. The molecule has 0 aromatic carbocycles. The normalized spacial score (nSPS) is 16.4. The molecule has 1 atom stereocenters. The molecule has 1 fully saturated rings. The fourth-order valence-electron chi connectivity index (χ4n) is 2.67. The van der Waals surface area contributed by atoms with Gasteiger partial charge in [-0.1, -0.05) is 0 Å². The molecule has 1 aliphatic heterocycles. The van der Waals surface area contributed by atoms with Crippen LogP contribution in [0.1, 0.15) is 6.92 Å². The molecule has 3 heterocycles. The summed E-state index contributed by atoms with van der Waals surface area (Å²) in [6.07, 6.45) is 0.266. The molecule has 2 aromatic heterocycles. The van der Waals surface area contributed by atoms with Crippen LogP contribution in [0.3, 0.4) is 0 Å². The predicted octanol–water partition coefficient (Wildman–Crippen LogP) is 1.99. The van der Waals surface area contributed by atoms with Gasteiger partial charge >= 0.3 is 0 Å². The Morgan fingerprint density at radius 2 is 2.21 bits per heavy atom. The van der Waals surface area contributed by atoms with E-state index in [-0.39, 0.29) is 12.2 Å². The molecule has 0 radical (unpaired) electrons. The standard InChI is InChI=1S/C16H24N4O3S/c1-4-23-12-8-20(9-12)16-18-14(13-5-6-24-15(13)19-16)17-7-11(22-3)10-21-2/h5-6,11-12H,4,7-10H2,1-3H3,(H,17,18,19)/t11-/m0/s1. The highest BCUT2D eigenvalue weighted by Crippen LogP contribution is 2.29. The monoisotopic (exact) mass is 352 g/mol. The highest BCUT2D eigenvalue weighted by atomic mass is 32.1. The van der Waals surface area contributed by atoms with E-state index in [1.807, 2.05) is 18.4 Å². The molecule has 1 aliphatic rings. The van der Waals surface area contributed by atoms with Gasteiger partial charge in [0.15, 0.2) is 0 Å². The second kappa shape index (κ2) is 8.06. The van der Waals surface area contributed by atoms with E-state index in [4.69, 9.17) is 19.2 Å². The van der Waals surface area contributed by atoms with Crippen molar-refractivity contribution in [3.8, 4) is 0 Å². The number of thiophene rings is 1. The maximum atomic E-state index is 5.61. The van der Waals surface area contributed by atoms with Gasteiger partial charge in [0.2, 0.25) is 5.95 Å². The van der Waals surface area contributed by atoms with Crippen molar-refractivity contribution >= 4 is 33.3 Å². The Morgan fingerprint density at radius 1 is 1.38 bits per heavy atom. The zero-order chi connectivity index (χ0) is 16.9. The third kappa shape index (κ3) is 3.77. The van der Waals surface area contributed by atoms with Gasteiger partial charge in [-0.15, -0.1) is 11.3 Å². The van der Waals surface area contributed by atoms with Gasteiger partial charge < -0.3 is 24.4 Å². The van der Waals surface area contributed by atoms with Gasteiger partial charge in [0.05, 0.1) is 24.2 Å². The average Bonchev–Trinajstić information content (AvgIpc) is 3.02. The molecule has 1 N–H and O–H groups in total. The summed E-state index contributed by atoms with van der Waals surface area (Å²) in [6.45, 7) is 5.62. The lowest BCUT2D eigenvalue weighted by Gasteiger charge is -2.38. The first-order valence-corrected chi connectivity index (χ1v) is 9.00. The SMILES string of the molecule is CCOC1CN(c2nc(NC[C@@H](COC)OC)c3ccsc3n2)C1. The summed E-state index contributed by atoms with van der Waals surface area (Å²) in [6, 6.07) is 2.04. The summed E-state index contributed by atoms with van der Waals surface area (Å²) in [4.78, 5) is 12.5. The molecule has 0 amide bonds. The molecule has 132 valence electrons. The maximum absolute atomic E-state index is 5.61. The topological polar surface area (TPSA) is 68.7 Å². The van der Waals surface area contributed by atoms with Crippen molar-refractivity contribution in [2.24, 2.45) is 0 Å². The zero-order valence-corrected chi connectivity index (χ0v) is 15.1. The minimum absolute atomic E-state index is 0.0200. The van der Waals surface area contributed by atoms with Crippen molar-refractivity contribution in [3.63, 3.8) is 0 Å². The first-order valence-electron chi connectivity index (χ1n) is 8.12.